The average molecular weight is 366 g/mol. The summed E-state index contributed by atoms with van der Waals surface area (Å²) >= 11 is 0. The molecular weight excluding hydrogens is 344 g/mol. The van der Waals surface area contributed by atoms with Gasteiger partial charge in [-0.25, -0.2) is 0 Å². The predicted molar refractivity (Wildman–Crippen MR) is 114 cm³/mol. The van der Waals surface area contributed by atoms with Gasteiger partial charge in [-0.15, -0.1) is 10.2 Å². The Morgan fingerprint density at radius 3 is 2.36 bits per heavy atom. The minimum Gasteiger partial charge on any atom is -0.355 e. The molecule has 4 nitrogen and oxygen atoms in total. The van der Waals surface area contributed by atoms with Crippen LogP contribution in [0, 0.1) is 0 Å². The number of fused-ring (bicyclic) bond motifs is 1. The van der Waals surface area contributed by atoms with Crippen molar-refractivity contribution in [1.29, 1.82) is 0 Å². The maximum Gasteiger partial charge on any atom is 0.151 e. The van der Waals surface area contributed by atoms with E-state index >= 15 is 0 Å². The smallest absolute Gasteiger partial charge is 0.151 e. The van der Waals surface area contributed by atoms with Crippen LogP contribution in [0.25, 0.3) is 33.2 Å². The van der Waals surface area contributed by atoms with Crippen molar-refractivity contribution in [3.05, 3.63) is 73.1 Å². The van der Waals surface area contributed by atoms with Crippen LogP contribution in [0.4, 0.5) is 5.82 Å². The standard InChI is InChI=1S/C24H22N4/c1-4-15-28(16-5-1)23-17-22(19-11-13-25-14-12-19)24(27-26-23)21-10-6-8-18-7-2-3-9-20(18)21/h2-3,6-14,17H,1,4-5,15-16H2. The Balaban J connectivity index is 1.70. The van der Waals surface area contributed by atoms with Crippen LogP contribution in [0.15, 0.2) is 73.1 Å². The molecule has 0 spiro atoms. The first-order chi connectivity index (χ1) is 13.9. The highest BCUT2D eigenvalue weighted by Gasteiger charge is 2.18. The van der Waals surface area contributed by atoms with Gasteiger partial charge in [-0.1, -0.05) is 42.5 Å². The Morgan fingerprint density at radius 2 is 1.50 bits per heavy atom. The summed E-state index contributed by atoms with van der Waals surface area (Å²) in [5, 5.41) is 11.8. The summed E-state index contributed by atoms with van der Waals surface area (Å²) in [5.41, 5.74) is 4.26. The van der Waals surface area contributed by atoms with E-state index in [0.29, 0.717) is 0 Å². The van der Waals surface area contributed by atoms with Crippen LogP contribution < -0.4 is 4.90 Å². The van der Waals surface area contributed by atoms with Crippen molar-refractivity contribution in [3.8, 4) is 22.4 Å². The summed E-state index contributed by atoms with van der Waals surface area (Å²) < 4.78 is 0. The first-order valence-corrected chi connectivity index (χ1v) is 9.91. The minimum absolute atomic E-state index is 0.920. The Bertz CT molecular complexity index is 1100. The van der Waals surface area contributed by atoms with Gasteiger partial charge in [0.1, 0.15) is 5.69 Å². The molecule has 0 aliphatic carbocycles. The van der Waals surface area contributed by atoms with Crippen molar-refractivity contribution in [2.45, 2.75) is 19.3 Å². The number of rotatable bonds is 3. The molecule has 28 heavy (non-hydrogen) atoms. The number of piperidine rings is 1. The van der Waals surface area contributed by atoms with Crippen molar-refractivity contribution >= 4 is 16.6 Å². The van der Waals surface area contributed by atoms with Crippen LogP contribution in [-0.4, -0.2) is 28.3 Å². The van der Waals surface area contributed by atoms with Gasteiger partial charge in [-0.3, -0.25) is 4.98 Å². The topological polar surface area (TPSA) is 41.9 Å². The minimum atomic E-state index is 0.920. The van der Waals surface area contributed by atoms with E-state index in [1.165, 1.54) is 30.0 Å². The van der Waals surface area contributed by atoms with Crippen molar-refractivity contribution in [2.75, 3.05) is 18.0 Å². The zero-order chi connectivity index (χ0) is 18.8. The highest BCUT2D eigenvalue weighted by Crippen LogP contribution is 2.36. The Labute approximate surface area is 164 Å². The molecule has 1 fully saturated rings. The first kappa shape index (κ1) is 16.9. The van der Waals surface area contributed by atoms with Gasteiger partial charge in [0.2, 0.25) is 0 Å². The number of pyridine rings is 1. The molecule has 1 aliphatic heterocycles. The fraction of sp³-hybridized carbons (Fsp3) is 0.208. The molecule has 1 aliphatic rings. The summed E-state index contributed by atoms with van der Waals surface area (Å²) in [5.74, 6) is 0.968. The van der Waals surface area contributed by atoms with E-state index in [0.717, 1.165) is 41.3 Å². The molecule has 2 aromatic heterocycles. The molecule has 0 amide bonds. The molecule has 1 saturated heterocycles. The number of hydrogen-bond acceptors (Lipinski definition) is 4. The maximum atomic E-state index is 4.74. The van der Waals surface area contributed by atoms with Crippen LogP contribution in [-0.2, 0) is 0 Å². The Morgan fingerprint density at radius 1 is 0.714 bits per heavy atom. The highest BCUT2D eigenvalue weighted by atomic mass is 15.3. The van der Waals surface area contributed by atoms with E-state index in [-0.39, 0.29) is 0 Å². The van der Waals surface area contributed by atoms with Gasteiger partial charge < -0.3 is 4.90 Å². The van der Waals surface area contributed by atoms with Gasteiger partial charge in [0.05, 0.1) is 0 Å². The second-order valence-corrected chi connectivity index (χ2v) is 7.28. The molecule has 0 N–H and O–H groups in total. The molecule has 0 atom stereocenters. The first-order valence-electron chi connectivity index (χ1n) is 9.91. The largest absolute Gasteiger partial charge is 0.355 e. The molecule has 0 unspecified atom stereocenters. The van der Waals surface area contributed by atoms with E-state index in [9.17, 15) is 0 Å². The summed E-state index contributed by atoms with van der Waals surface area (Å²) in [6, 6.07) is 21.1. The molecule has 0 bridgehead atoms. The van der Waals surface area contributed by atoms with Crippen molar-refractivity contribution < 1.29 is 0 Å². The molecule has 4 heteroatoms. The maximum absolute atomic E-state index is 4.74. The lowest BCUT2D eigenvalue weighted by Crippen LogP contribution is -2.30. The van der Waals surface area contributed by atoms with Crippen LogP contribution in [0.1, 0.15) is 19.3 Å². The number of aromatic nitrogens is 3. The lowest BCUT2D eigenvalue weighted by Gasteiger charge is -2.28. The van der Waals surface area contributed by atoms with Crippen LogP contribution in [0.5, 0.6) is 0 Å². The zero-order valence-corrected chi connectivity index (χ0v) is 15.8. The third-order valence-corrected chi connectivity index (χ3v) is 5.50. The normalized spacial score (nSPS) is 14.4. The van der Waals surface area contributed by atoms with E-state index < -0.39 is 0 Å². The SMILES string of the molecule is c1ccc2c(-c3nnc(N4CCCCC4)cc3-c3ccncc3)cccc2c1. The lowest BCUT2D eigenvalue weighted by atomic mass is 9.96. The van der Waals surface area contributed by atoms with E-state index in [4.69, 9.17) is 5.10 Å². The van der Waals surface area contributed by atoms with Crippen LogP contribution >= 0.6 is 0 Å². The molecule has 2 aromatic carbocycles. The lowest BCUT2D eigenvalue weighted by molar-refractivity contribution is 0.571. The Hall–Kier alpha value is -3.27. The summed E-state index contributed by atoms with van der Waals surface area (Å²) in [4.78, 5) is 6.54. The van der Waals surface area contributed by atoms with Crippen molar-refractivity contribution in [1.82, 2.24) is 15.2 Å². The summed E-state index contributed by atoms with van der Waals surface area (Å²) in [6.45, 7) is 2.11. The second-order valence-electron chi connectivity index (χ2n) is 7.28. The van der Waals surface area contributed by atoms with Gasteiger partial charge in [0, 0.05) is 36.6 Å². The zero-order valence-electron chi connectivity index (χ0n) is 15.8. The Kier molecular flexibility index (Phi) is 4.45. The van der Waals surface area contributed by atoms with Gasteiger partial charge in [0.15, 0.2) is 5.82 Å². The molecule has 3 heterocycles. The average Bonchev–Trinajstić information content (AvgIpc) is 2.79. The molecule has 5 rings (SSSR count). The molecule has 0 radical (unpaired) electrons. The molecule has 138 valence electrons. The molecular formula is C24H22N4. The quantitative estimate of drug-likeness (QED) is 0.490. The summed E-state index contributed by atoms with van der Waals surface area (Å²) in [6.07, 6.45) is 7.41. The number of nitrogens with zero attached hydrogens (tertiary/aromatic N) is 4. The molecule has 4 aromatic rings. The van der Waals surface area contributed by atoms with E-state index in [1.54, 1.807) is 0 Å². The number of hydrogen-bond donors (Lipinski definition) is 0. The van der Waals surface area contributed by atoms with E-state index in [1.807, 2.05) is 24.5 Å². The molecule has 0 saturated carbocycles. The highest BCUT2D eigenvalue weighted by molar-refractivity contribution is 5.99. The monoisotopic (exact) mass is 366 g/mol. The fourth-order valence-corrected chi connectivity index (χ4v) is 4.04. The number of benzene rings is 2. The van der Waals surface area contributed by atoms with Gasteiger partial charge in [-0.2, -0.15) is 0 Å². The van der Waals surface area contributed by atoms with Crippen LogP contribution in [0.2, 0.25) is 0 Å². The predicted octanol–water partition coefficient (Wildman–Crippen LogP) is 5.35. The third kappa shape index (κ3) is 3.11. The van der Waals surface area contributed by atoms with Gasteiger partial charge in [-0.05, 0) is 53.8 Å². The summed E-state index contributed by atoms with van der Waals surface area (Å²) in [7, 11) is 0. The fourth-order valence-electron chi connectivity index (χ4n) is 4.04. The third-order valence-electron chi connectivity index (χ3n) is 5.50. The second kappa shape index (κ2) is 7.39. The van der Waals surface area contributed by atoms with Gasteiger partial charge >= 0.3 is 0 Å². The van der Waals surface area contributed by atoms with Gasteiger partial charge in [0.25, 0.3) is 0 Å². The van der Waals surface area contributed by atoms with Crippen molar-refractivity contribution in [2.24, 2.45) is 0 Å². The van der Waals surface area contributed by atoms with Crippen LogP contribution in [0.3, 0.4) is 0 Å². The van der Waals surface area contributed by atoms with Crippen molar-refractivity contribution in [3.63, 3.8) is 0 Å². The van der Waals surface area contributed by atoms with E-state index in [2.05, 4.69) is 63.5 Å². The number of anilines is 1.